The molecule has 6 nitrogen and oxygen atoms in total. The van der Waals surface area contributed by atoms with Gasteiger partial charge in [-0.1, -0.05) is 50.8 Å². The summed E-state index contributed by atoms with van der Waals surface area (Å²) in [5, 5.41) is 23.7. The van der Waals surface area contributed by atoms with E-state index >= 15 is 0 Å². The third-order valence-corrected chi connectivity index (χ3v) is 5.38. The molecule has 0 saturated heterocycles. The van der Waals surface area contributed by atoms with Crippen molar-refractivity contribution in [1.29, 1.82) is 0 Å². The van der Waals surface area contributed by atoms with Crippen molar-refractivity contribution in [3.05, 3.63) is 35.2 Å². The number of hydrogen-bond acceptors (Lipinski definition) is 4. The van der Waals surface area contributed by atoms with Gasteiger partial charge in [-0.3, -0.25) is 9.48 Å². The van der Waals surface area contributed by atoms with Crippen LogP contribution in [0.1, 0.15) is 94.5 Å². The van der Waals surface area contributed by atoms with Crippen molar-refractivity contribution < 1.29 is 19.8 Å². The molecule has 31 heavy (non-hydrogen) atoms. The van der Waals surface area contributed by atoms with Gasteiger partial charge in [0, 0.05) is 30.6 Å². The predicted molar refractivity (Wildman–Crippen MR) is 125 cm³/mol. The van der Waals surface area contributed by atoms with Crippen LogP contribution in [0.3, 0.4) is 0 Å². The summed E-state index contributed by atoms with van der Waals surface area (Å²) < 4.78 is 2.03. The molecule has 0 saturated carbocycles. The Labute approximate surface area is 187 Å². The van der Waals surface area contributed by atoms with Gasteiger partial charge in [0.05, 0.1) is 11.8 Å². The van der Waals surface area contributed by atoms with E-state index in [0.717, 1.165) is 87.6 Å². The van der Waals surface area contributed by atoms with Crippen LogP contribution in [0.15, 0.2) is 18.2 Å². The molecule has 1 aromatic heterocycles. The average molecular weight is 433 g/mol. The first-order valence-electron chi connectivity index (χ1n) is 11.7. The maximum Gasteiger partial charge on any atom is 0.303 e. The molecule has 0 aliphatic rings. The molecule has 0 aliphatic heterocycles. The van der Waals surface area contributed by atoms with Gasteiger partial charge in [-0.15, -0.1) is 0 Å². The minimum atomic E-state index is -0.761. The molecule has 6 heteroatoms. The van der Waals surface area contributed by atoms with Crippen LogP contribution in [0.5, 0.6) is 0 Å². The van der Waals surface area contributed by atoms with Gasteiger partial charge in [-0.2, -0.15) is 5.10 Å². The zero-order chi connectivity index (χ0) is 22.9. The molecule has 1 unspecified atom stereocenters. The van der Waals surface area contributed by atoms with Crippen LogP contribution >= 0.6 is 0 Å². The van der Waals surface area contributed by atoms with E-state index in [1.54, 1.807) is 0 Å². The van der Waals surface area contributed by atoms with Gasteiger partial charge in [-0.25, -0.2) is 0 Å². The summed E-state index contributed by atoms with van der Waals surface area (Å²) in [6.45, 7) is 5.03. The molecule has 1 atom stereocenters. The van der Waals surface area contributed by atoms with E-state index in [2.05, 4.69) is 19.9 Å². The number of aryl methyl sites for hydroxylation is 1. The molecular weight excluding hydrogens is 392 g/mol. The fourth-order valence-corrected chi connectivity index (χ4v) is 3.47. The number of hydrogen-bond donors (Lipinski definition) is 2. The summed E-state index contributed by atoms with van der Waals surface area (Å²) in [6.07, 6.45) is 18.2. The highest BCUT2D eigenvalue weighted by Gasteiger charge is 2.12. The summed E-state index contributed by atoms with van der Waals surface area (Å²) in [6, 6.07) is 0. The first-order chi connectivity index (χ1) is 15.0. The van der Waals surface area contributed by atoms with Gasteiger partial charge in [0.2, 0.25) is 0 Å². The number of carboxylic acids is 1. The standard InChI is InChI=1S/C25H40N2O4/c1-3-4-9-14-22(29)17-18-24-23(15-10-5-6-11-16-25(30)31)21(2)27(26-24)19-12-7-8-13-20-28/h5,10,17-18,20,22,29H,3-4,6-9,11-16,19H2,1-2H3,(H,30,31)/b10-5-,18-17?. The first kappa shape index (κ1) is 26.8. The van der Waals surface area contributed by atoms with E-state index < -0.39 is 12.1 Å². The summed E-state index contributed by atoms with van der Waals surface area (Å²) in [5.74, 6) is -0.761. The topological polar surface area (TPSA) is 92.4 Å². The van der Waals surface area contributed by atoms with Crippen molar-refractivity contribution in [2.75, 3.05) is 0 Å². The Morgan fingerprint density at radius 3 is 2.61 bits per heavy atom. The summed E-state index contributed by atoms with van der Waals surface area (Å²) in [5.41, 5.74) is 3.14. The number of nitrogens with zero attached hydrogens (tertiary/aromatic N) is 2. The highest BCUT2D eigenvalue weighted by molar-refractivity contribution is 5.66. The van der Waals surface area contributed by atoms with Gasteiger partial charge < -0.3 is 15.0 Å². The molecule has 0 radical (unpaired) electrons. The molecule has 0 spiro atoms. The second kappa shape index (κ2) is 16.5. The minimum Gasteiger partial charge on any atom is -0.481 e. The van der Waals surface area contributed by atoms with E-state index in [0.29, 0.717) is 12.8 Å². The molecule has 2 N–H and O–H groups in total. The van der Waals surface area contributed by atoms with E-state index in [1.165, 1.54) is 0 Å². The number of aliphatic hydroxyl groups excluding tert-OH is 1. The second-order valence-electron chi connectivity index (χ2n) is 8.07. The van der Waals surface area contributed by atoms with Gasteiger partial charge >= 0.3 is 5.97 Å². The SMILES string of the molecule is CCCCCC(O)C=Cc1nn(CCCCCC=O)c(C)c1C/C=C\CCCC(=O)O. The summed E-state index contributed by atoms with van der Waals surface area (Å²) >= 11 is 0. The zero-order valence-electron chi connectivity index (χ0n) is 19.3. The number of rotatable bonds is 18. The molecule has 0 aliphatic carbocycles. The lowest BCUT2D eigenvalue weighted by atomic mass is 10.1. The van der Waals surface area contributed by atoms with Crippen LogP contribution in [-0.4, -0.2) is 38.4 Å². The molecule has 0 bridgehead atoms. The number of aliphatic carboxylic acids is 1. The quantitative estimate of drug-likeness (QED) is 0.188. The monoisotopic (exact) mass is 432 g/mol. The third kappa shape index (κ3) is 11.7. The van der Waals surface area contributed by atoms with Crippen molar-refractivity contribution in [3.8, 4) is 0 Å². The predicted octanol–water partition coefficient (Wildman–Crippen LogP) is 5.26. The van der Waals surface area contributed by atoms with Gasteiger partial charge in [0.25, 0.3) is 0 Å². The lowest BCUT2D eigenvalue weighted by molar-refractivity contribution is -0.137. The van der Waals surface area contributed by atoms with E-state index in [-0.39, 0.29) is 6.42 Å². The maximum atomic E-state index is 10.6. The number of carbonyl (C=O) groups is 2. The Hall–Kier alpha value is -2.21. The molecular formula is C25H40N2O4. The van der Waals surface area contributed by atoms with Crippen LogP contribution in [0.25, 0.3) is 6.08 Å². The molecule has 0 amide bonds. The van der Waals surface area contributed by atoms with Crippen molar-refractivity contribution in [2.24, 2.45) is 0 Å². The number of carbonyl (C=O) groups excluding carboxylic acids is 1. The van der Waals surface area contributed by atoms with Crippen LogP contribution in [0, 0.1) is 6.92 Å². The van der Waals surface area contributed by atoms with Crippen molar-refractivity contribution in [1.82, 2.24) is 9.78 Å². The Bertz CT molecular complexity index is 707. The fraction of sp³-hybridized carbons (Fsp3) is 0.640. The van der Waals surface area contributed by atoms with Crippen molar-refractivity contribution >= 4 is 18.3 Å². The summed E-state index contributed by atoms with van der Waals surface area (Å²) in [4.78, 5) is 21.1. The number of carboxylic acid groups (broad SMARTS) is 1. The number of aromatic nitrogens is 2. The number of aliphatic hydroxyl groups is 1. The lowest BCUT2D eigenvalue weighted by Gasteiger charge is -2.04. The third-order valence-electron chi connectivity index (χ3n) is 5.38. The smallest absolute Gasteiger partial charge is 0.303 e. The molecule has 0 aromatic carbocycles. The Morgan fingerprint density at radius 2 is 1.90 bits per heavy atom. The molecule has 0 fully saturated rings. The Balaban J connectivity index is 2.80. The van der Waals surface area contributed by atoms with Crippen LogP contribution in [0.4, 0.5) is 0 Å². The molecule has 174 valence electrons. The number of allylic oxidation sites excluding steroid dienone is 2. The fourth-order valence-electron chi connectivity index (χ4n) is 3.47. The van der Waals surface area contributed by atoms with Gasteiger partial charge in [0.15, 0.2) is 0 Å². The van der Waals surface area contributed by atoms with Crippen LogP contribution < -0.4 is 0 Å². The lowest BCUT2D eigenvalue weighted by Crippen LogP contribution is -2.03. The van der Waals surface area contributed by atoms with E-state index in [4.69, 9.17) is 10.2 Å². The first-order valence-corrected chi connectivity index (χ1v) is 11.7. The molecule has 1 rings (SSSR count). The minimum absolute atomic E-state index is 0.190. The van der Waals surface area contributed by atoms with Crippen molar-refractivity contribution in [3.63, 3.8) is 0 Å². The largest absolute Gasteiger partial charge is 0.481 e. The maximum absolute atomic E-state index is 10.6. The van der Waals surface area contributed by atoms with Crippen LogP contribution in [-0.2, 0) is 22.6 Å². The Kier molecular flexibility index (Phi) is 14.3. The van der Waals surface area contributed by atoms with Crippen LogP contribution in [0.2, 0.25) is 0 Å². The summed E-state index contributed by atoms with van der Waals surface area (Å²) in [7, 11) is 0. The van der Waals surface area contributed by atoms with E-state index in [1.807, 2.05) is 22.9 Å². The average Bonchev–Trinajstić information content (AvgIpc) is 3.03. The van der Waals surface area contributed by atoms with Gasteiger partial charge in [0.1, 0.15) is 6.29 Å². The molecule has 1 heterocycles. The highest BCUT2D eigenvalue weighted by Crippen LogP contribution is 2.19. The van der Waals surface area contributed by atoms with E-state index in [9.17, 15) is 14.7 Å². The number of unbranched alkanes of at least 4 members (excludes halogenated alkanes) is 6. The normalized spacial score (nSPS) is 12.7. The highest BCUT2D eigenvalue weighted by atomic mass is 16.4. The van der Waals surface area contributed by atoms with Gasteiger partial charge in [-0.05, 0) is 51.5 Å². The second-order valence-corrected chi connectivity index (χ2v) is 8.07. The van der Waals surface area contributed by atoms with Crippen molar-refractivity contribution in [2.45, 2.75) is 104 Å². The Morgan fingerprint density at radius 1 is 1.10 bits per heavy atom. The zero-order valence-corrected chi connectivity index (χ0v) is 19.3. The number of aldehydes is 1. The molecule has 1 aromatic rings.